The minimum absolute atomic E-state index is 0.0969. The second-order valence-corrected chi connectivity index (χ2v) is 6.67. The van der Waals surface area contributed by atoms with Crippen LogP contribution in [0, 0.1) is 11.8 Å². The normalized spacial score (nSPS) is 17.9. The zero-order valence-corrected chi connectivity index (χ0v) is 14.9. The van der Waals surface area contributed by atoms with Gasteiger partial charge in [-0.05, 0) is 0 Å². The van der Waals surface area contributed by atoms with Crippen molar-refractivity contribution < 1.29 is 18.9 Å². The van der Waals surface area contributed by atoms with Crippen molar-refractivity contribution in [1.29, 1.82) is 0 Å². The summed E-state index contributed by atoms with van der Waals surface area (Å²) in [5, 5.41) is 0. The van der Waals surface area contributed by atoms with Crippen LogP contribution in [0.5, 0.6) is 0 Å². The summed E-state index contributed by atoms with van der Waals surface area (Å²) >= 11 is 0. The zero-order valence-electron chi connectivity index (χ0n) is 14.9. The number of ether oxygens (including phenoxy) is 4. The molecule has 0 bridgehead atoms. The van der Waals surface area contributed by atoms with Gasteiger partial charge in [-0.15, -0.1) is 0 Å². The van der Waals surface area contributed by atoms with Gasteiger partial charge in [-0.25, -0.2) is 28.1 Å². The van der Waals surface area contributed by atoms with Crippen molar-refractivity contribution in [3.8, 4) is 0 Å². The first-order valence-electron chi connectivity index (χ1n) is 8.79. The highest BCUT2D eigenvalue weighted by molar-refractivity contribution is 4.78. The number of rotatable bonds is 10. The Morgan fingerprint density at radius 1 is 0.808 bits per heavy atom. The molecule has 0 aromatic carbocycles. The minimum atomic E-state index is -0.639. The molecule has 2 aliphatic heterocycles. The lowest BCUT2D eigenvalue weighted by Gasteiger charge is -2.25. The van der Waals surface area contributed by atoms with Gasteiger partial charge in [0.05, 0.1) is 65.9 Å². The number of nitrogens with zero attached hydrogens (tertiary/aromatic N) is 3. The van der Waals surface area contributed by atoms with E-state index < -0.39 is 17.1 Å². The molecule has 0 aliphatic carbocycles. The molecule has 1 aromatic rings. The summed E-state index contributed by atoms with van der Waals surface area (Å²) in [6, 6.07) is 0. The van der Waals surface area contributed by atoms with Crippen LogP contribution in [0.3, 0.4) is 0 Å². The Morgan fingerprint density at radius 2 is 1.23 bits per heavy atom. The fraction of sp³-hybridized carbons (Fsp3) is 0.812. The van der Waals surface area contributed by atoms with Crippen molar-refractivity contribution in [3.63, 3.8) is 0 Å². The maximum absolute atomic E-state index is 12.5. The zero-order chi connectivity index (χ0) is 18.5. The lowest BCUT2D eigenvalue weighted by Crippen LogP contribution is -2.54. The molecule has 3 heterocycles. The van der Waals surface area contributed by atoms with Crippen molar-refractivity contribution >= 4 is 0 Å². The van der Waals surface area contributed by atoms with Gasteiger partial charge in [0.2, 0.25) is 0 Å². The van der Waals surface area contributed by atoms with Crippen LogP contribution in [0.15, 0.2) is 14.4 Å². The largest absolute Gasteiger partial charge is 0.381 e. The average Bonchev–Trinajstić information content (AvgIpc) is 2.54. The molecule has 0 amide bonds. The fourth-order valence-electron chi connectivity index (χ4n) is 2.71. The van der Waals surface area contributed by atoms with Gasteiger partial charge in [0.1, 0.15) is 0 Å². The first-order valence-corrected chi connectivity index (χ1v) is 8.79. The molecule has 0 atom stereocenters. The number of hydrogen-bond acceptors (Lipinski definition) is 7. The average molecular weight is 371 g/mol. The highest BCUT2D eigenvalue weighted by atomic mass is 16.5. The number of hydrogen-bond donors (Lipinski definition) is 0. The van der Waals surface area contributed by atoms with E-state index in [1.54, 1.807) is 0 Å². The summed E-state index contributed by atoms with van der Waals surface area (Å²) in [6.45, 7) is 4.43. The van der Waals surface area contributed by atoms with Crippen molar-refractivity contribution in [2.75, 3.05) is 52.9 Å². The molecule has 146 valence electrons. The smallest absolute Gasteiger partial charge is 0.336 e. The van der Waals surface area contributed by atoms with E-state index in [0.29, 0.717) is 51.5 Å². The summed E-state index contributed by atoms with van der Waals surface area (Å²) in [7, 11) is 1.36. The Balaban J connectivity index is 1.59. The molecular weight excluding hydrogens is 346 g/mol. The maximum Gasteiger partial charge on any atom is 0.336 e. The van der Waals surface area contributed by atoms with E-state index >= 15 is 0 Å². The highest BCUT2D eigenvalue weighted by Crippen LogP contribution is 2.10. The standard InChI is InChI=1S/C16H25N3O7/c1-17-14(20)18(2-4-23-6-12-8-25-9-12)16(22)19(15(17)21)3-5-24-7-13-10-26-11-13/h12-13H,2-11H2,1H3. The second-order valence-electron chi connectivity index (χ2n) is 6.67. The monoisotopic (exact) mass is 371 g/mol. The van der Waals surface area contributed by atoms with Crippen molar-refractivity contribution in [3.05, 3.63) is 31.5 Å². The third-order valence-electron chi connectivity index (χ3n) is 4.54. The lowest BCUT2D eigenvalue weighted by atomic mass is 10.1. The van der Waals surface area contributed by atoms with Crippen molar-refractivity contribution in [2.24, 2.45) is 18.9 Å². The molecule has 10 nitrogen and oxygen atoms in total. The third-order valence-corrected chi connectivity index (χ3v) is 4.54. The Kier molecular flexibility index (Phi) is 6.41. The summed E-state index contributed by atoms with van der Waals surface area (Å²) < 4.78 is 24.1. The third kappa shape index (κ3) is 4.32. The second kappa shape index (κ2) is 8.76. The predicted octanol–water partition coefficient (Wildman–Crippen LogP) is -1.97. The number of aromatic nitrogens is 3. The Bertz CT molecular complexity index is 713. The molecule has 0 N–H and O–H groups in total. The summed E-state index contributed by atoms with van der Waals surface area (Å²) in [6.07, 6.45) is 0. The van der Waals surface area contributed by atoms with E-state index in [2.05, 4.69) is 0 Å². The van der Waals surface area contributed by atoms with Crippen molar-refractivity contribution in [1.82, 2.24) is 13.7 Å². The maximum atomic E-state index is 12.5. The van der Waals surface area contributed by atoms with Gasteiger partial charge in [-0.3, -0.25) is 0 Å². The molecule has 0 radical (unpaired) electrons. The van der Waals surface area contributed by atoms with Crippen LogP contribution in [-0.4, -0.2) is 66.6 Å². The first kappa shape index (κ1) is 19.0. The van der Waals surface area contributed by atoms with E-state index in [4.69, 9.17) is 18.9 Å². The molecule has 3 rings (SSSR count). The van der Waals surface area contributed by atoms with E-state index in [-0.39, 0.29) is 26.3 Å². The lowest BCUT2D eigenvalue weighted by molar-refractivity contribution is -0.0728. The Hall–Kier alpha value is -1.75. The van der Waals surface area contributed by atoms with Crippen LogP contribution in [0.4, 0.5) is 0 Å². The summed E-state index contributed by atoms with van der Waals surface area (Å²) in [5.41, 5.74) is -1.91. The van der Waals surface area contributed by atoms with E-state index in [1.807, 2.05) is 0 Å². The van der Waals surface area contributed by atoms with Crippen LogP contribution >= 0.6 is 0 Å². The molecule has 0 unspecified atom stereocenters. The quantitative estimate of drug-likeness (QED) is 0.440. The van der Waals surface area contributed by atoms with Crippen LogP contribution in [0.25, 0.3) is 0 Å². The topological polar surface area (TPSA) is 103 Å². The van der Waals surface area contributed by atoms with Crippen LogP contribution < -0.4 is 17.1 Å². The van der Waals surface area contributed by atoms with Crippen LogP contribution in [0.1, 0.15) is 0 Å². The summed E-state index contributed by atoms with van der Waals surface area (Å²) in [4.78, 5) is 36.9. The van der Waals surface area contributed by atoms with Crippen LogP contribution in [0.2, 0.25) is 0 Å². The van der Waals surface area contributed by atoms with Gasteiger partial charge >= 0.3 is 17.1 Å². The van der Waals surface area contributed by atoms with Crippen molar-refractivity contribution in [2.45, 2.75) is 13.1 Å². The van der Waals surface area contributed by atoms with Gasteiger partial charge in [0.25, 0.3) is 0 Å². The SMILES string of the molecule is Cn1c(=O)n(CCOCC2COC2)c(=O)n(CCOCC2COC2)c1=O. The molecular formula is C16H25N3O7. The molecule has 2 saturated heterocycles. The van der Waals surface area contributed by atoms with Gasteiger partial charge in [0, 0.05) is 18.9 Å². The minimum Gasteiger partial charge on any atom is -0.381 e. The van der Waals surface area contributed by atoms with Crippen LogP contribution in [-0.2, 0) is 39.1 Å². The fourth-order valence-corrected chi connectivity index (χ4v) is 2.71. The first-order chi connectivity index (χ1) is 12.6. The molecule has 2 fully saturated rings. The summed E-state index contributed by atoms with van der Waals surface area (Å²) in [5.74, 6) is 0.753. The van der Waals surface area contributed by atoms with Gasteiger partial charge in [-0.2, -0.15) is 0 Å². The van der Waals surface area contributed by atoms with Gasteiger partial charge < -0.3 is 18.9 Å². The molecule has 2 aliphatic rings. The Labute approximate surface area is 149 Å². The van der Waals surface area contributed by atoms with E-state index in [0.717, 1.165) is 13.7 Å². The Morgan fingerprint density at radius 3 is 1.58 bits per heavy atom. The van der Waals surface area contributed by atoms with E-state index in [1.165, 1.54) is 7.05 Å². The highest BCUT2D eigenvalue weighted by Gasteiger charge is 2.19. The molecule has 0 spiro atoms. The van der Waals surface area contributed by atoms with E-state index in [9.17, 15) is 14.4 Å². The predicted molar refractivity (Wildman–Crippen MR) is 90.5 cm³/mol. The van der Waals surface area contributed by atoms with Gasteiger partial charge in [-0.1, -0.05) is 0 Å². The molecule has 10 heteroatoms. The molecule has 0 saturated carbocycles. The van der Waals surface area contributed by atoms with Gasteiger partial charge in [0.15, 0.2) is 0 Å². The molecule has 26 heavy (non-hydrogen) atoms. The molecule has 1 aromatic heterocycles.